The van der Waals surface area contributed by atoms with Gasteiger partial charge < -0.3 is 29.7 Å². The summed E-state index contributed by atoms with van der Waals surface area (Å²) in [6.07, 6.45) is 10.5. The van der Waals surface area contributed by atoms with Crippen molar-refractivity contribution in [2.45, 2.75) is 104 Å². The number of aryl methyl sites for hydroxylation is 2. The highest BCUT2D eigenvalue weighted by Crippen LogP contribution is 2.39. The molecule has 47 heavy (non-hydrogen) atoms. The van der Waals surface area contributed by atoms with Crippen molar-refractivity contribution in [1.82, 2.24) is 9.97 Å². The van der Waals surface area contributed by atoms with E-state index in [1.165, 1.54) is 14.0 Å². The number of hydrogen-bond donors (Lipinski definition) is 2. The van der Waals surface area contributed by atoms with Gasteiger partial charge in [0.1, 0.15) is 18.0 Å². The summed E-state index contributed by atoms with van der Waals surface area (Å²) in [5.74, 6) is 2.21. The monoisotopic (exact) mass is 653 g/mol. The average Bonchev–Trinajstić information content (AvgIpc) is 3.39. The first-order chi connectivity index (χ1) is 22.2. The zero-order valence-corrected chi connectivity index (χ0v) is 28.7. The van der Waals surface area contributed by atoms with E-state index in [2.05, 4.69) is 33.4 Å². The lowest BCUT2D eigenvalue weighted by molar-refractivity contribution is -0.151. The third-order valence-electron chi connectivity index (χ3n) is 8.24. The number of halogens is 1. The summed E-state index contributed by atoms with van der Waals surface area (Å²) in [7, 11) is 1.44. The first kappa shape index (κ1) is 37.2. The Hall–Kier alpha value is -4.24. The van der Waals surface area contributed by atoms with Crippen LogP contribution in [0, 0.1) is 32.3 Å². The highest BCUT2D eigenvalue weighted by atomic mass is 19.1. The van der Waals surface area contributed by atoms with Gasteiger partial charge in [0, 0.05) is 44.4 Å². The number of fused-ring (bicyclic) bond motifs is 1. The molecule has 0 saturated heterocycles. The molecule has 0 radical (unpaired) electrons. The number of hydrogen-bond acceptors (Lipinski definition) is 10. The van der Waals surface area contributed by atoms with Gasteiger partial charge in [0.15, 0.2) is 17.2 Å². The molecule has 0 spiro atoms. The van der Waals surface area contributed by atoms with Crippen LogP contribution in [0.2, 0.25) is 0 Å². The lowest BCUT2D eigenvalue weighted by Crippen LogP contribution is -2.41. The zero-order valence-electron chi connectivity index (χ0n) is 28.7. The third-order valence-corrected chi connectivity index (χ3v) is 8.24. The number of nitrogens with zero attached hydrogens (tertiary/aromatic N) is 3. The largest absolute Gasteiger partial charge is 0.461 e. The van der Waals surface area contributed by atoms with Gasteiger partial charge in [-0.2, -0.15) is 14.4 Å². The molecular formula is C35H48FN5O6. The number of rotatable bonds is 17. The molecule has 1 aliphatic heterocycles. The number of carbonyl (C=O) groups is 3. The van der Waals surface area contributed by atoms with Crippen molar-refractivity contribution < 1.29 is 33.0 Å². The van der Waals surface area contributed by atoms with Crippen molar-refractivity contribution in [2.24, 2.45) is 0 Å². The number of esters is 2. The maximum atomic E-state index is 14.5. The van der Waals surface area contributed by atoms with E-state index in [9.17, 15) is 18.8 Å². The van der Waals surface area contributed by atoms with Gasteiger partial charge in [-0.3, -0.25) is 14.4 Å². The van der Waals surface area contributed by atoms with Gasteiger partial charge in [-0.25, -0.2) is 0 Å². The second kappa shape index (κ2) is 16.5. The molecule has 2 N–H and O–H groups in total. The molecule has 2 aromatic rings. The van der Waals surface area contributed by atoms with Crippen molar-refractivity contribution in [3.63, 3.8) is 0 Å². The summed E-state index contributed by atoms with van der Waals surface area (Å²) < 4.78 is 31.3. The molecule has 1 aromatic heterocycles. The van der Waals surface area contributed by atoms with Crippen molar-refractivity contribution in [3.05, 3.63) is 34.9 Å². The Bertz CT molecular complexity index is 1490. The van der Waals surface area contributed by atoms with Crippen LogP contribution >= 0.6 is 0 Å². The quantitative estimate of drug-likeness (QED) is 0.0693. The number of carbonyl (C=O) groups excluding carboxylic acids is 3. The minimum absolute atomic E-state index is 0.0115. The van der Waals surface area contributed by atoms with E-state index in [-0.39, 0.29) is 50.2 Å². The van der Waals surface area contributed by atoms with E-state index in [0.717, 1.165) is 48.8 Å². The van der Waals surface area contributed by atoms with Gasteiger partial charge in [-0.05, 0) is 37.5 Å². The summed E-state index contributed by atoms with van der Waals surface area (Å²) in [6, 6.07) is 3.75. The number of ether oxygens (including phenoxy) is 3. The van der Waals surface area contributed by atoms with Crippen LogP contribution in [0.3, 0.4) is 0 Å². The smallest absolute Gasteiger partial charge is 0.312 e. The minimum atomic E-state index is -1.27. The molecule has 3 rings (SSSR count). The average molecular weight is 654 g/mol. The molecule has 1 aliphatic rings. The molecule has 0 bridgehead atoms. The molecule has 11 nitrogen and oxygen atoms in total. The SMILES string of the molecule is C#CC(CCN1CNc2c(NC(=O)CCCCCCC)nc(F)nc21)(COC(=O)CC(C)(C)c1c(C)cc(C)cc1OC(C)=O)OC. The molecule has 12 heteroatoms. The molecule has 1 amide bonds. The molecule has 0 fully saturated rings. The van der Waals surface area contributed by atoms with Crippen LogP contribution < -0.4 is 20.3 Å². The molecule has 1 unspecified atom stereocenters. The molecule has 0 aliphatic carbocycles. The van der Waals surface area contributed by atoms with E-state index in [0.29, 0.717) is 17.9 Å². The summed E-state index contributed by atoms with van der Waals surface area (Å²) in [5.41, 5.74) is 0.969. The number of anilines is 3. The Morgan fingerprint density at radius 1 is 1.15 bits per heavy atom. The normalized spacial score (nSPS) is 13.6. The Kier molecular flexibility index (Phi) is 13.1. The van der Waals surface area contributed by atoms with Crippen molar-refractivity contribution in [3.8, 4) is 18.1 Å². The van der Waals surface area contributed by atoms with Crippen molar-refractivity contribution in [1.29, 1.82) is 0 Å². The predicted octanol–water partition coefficient (Wildman–Crippen LogP) is 5.97. The number of nitrogens with one attached hydrogen (secondary N) is 2. The Labute approximate surface area is 277 Å². The molecule has 1 aromatic carbocycles. The summed E-state index contributed by atoms with van der Waals surface area (Å²) in [6.45, 7) is 11.4. The van der Waals surface area contributed by atoms with E-state index < -0.39 is 29.0 Å². The molecule has 2 heterocycles. The molecule has 1 atom stereocenters. The first-order valence-electron chi connectivity index (χ1n) is 16.1. The van der Waals surface area contributed by atoms with E-state index in [4.69, 9.17) is 20.6 Å². The Balaban J connectivity index is 1.65. The highest BCUT2D eigenvalue weighted by Gasteiger charge is 2.35. The fraction of sp³-hybridized carbons (Fsp3) is 0.571. The second-order valence-corrected chi connectivity index (χ2v) is 12.7. The summed E-state index contributed by atoms with van der Waals surface area (Å²) in [4.78, 5) is 47.0. The molecule has 0 saturated carbocycles. The van der Waals surface area contributed by atoms with Gasteiger partial charge in [0.25, 0.3) is 0 Å². The van der Waals surface area contributed by atoms with Crippen molar-refractivity contribution >= 4 is 35.2 Å². The van der Waals surface area contributed by atoms with Crippen LogP contribution in [-0.2, 0) is 29.3 Å². The second-order valence-electron chi connectivity index (χ2n) is 12.7. The van der Waals surface area contributed by atoms with Crippen LogP contribution in [0.4, 0.5) is 21.7 Å². The fourth-order valence-electron chi connectivity index (χ4n) is 5.87. The van der Waals surface area contributed by atoms with Gasteiger partial charge in [-0.15, -0.1) is 6.42 Å². The number of aromatic nitrogens is 2. The Morgan fingerprint density at radius 2 is 1.87 bits per heavy atom. The lowest BCUT2D eigenvalue weighted by atomic mass is 9.78. The van der Waals surface area contributed by atoms with Gasteiger partial charge in [-0.1, -0.05) is 58.4 Å². The van der Waals surface area contributed by atoms with E-state index in [1.54, 1.807) is 11.0 Å². The number of unbranched alkanes of at least 4 members (excludes halogenated alkanes) is 4. The van der Waals surface area contributed by atoms with Gasteiger partial charge >= 0.3 is 18.0 Å². The standard InChI is InChI=1S/C35H48FN5O6/c1-9-11-12-13-14-15-27(43)38-31-30-32(40-33(36)39-31)41(22-37-30)17-16-35(10-2,45-8)21-46-28(44)20-34(6,7)29-24(4)18-23(3)19-26(29)47-25(5)42/h2,18-19,37H,9,11-17,20-22H2,1,3-8H3,(H,38,39,40,43). The van der Waals surface area contributed by atoms with E-state index >= 15 is 0 Å². The molecular weight excluding hydrogens is 605 g/mol. The number of methoxy groups -OCH3 is 1. The maximum Gasteiger partial charge on any atom is 0.312 e. The lowest BCUT2D eigenvalue weighted by Gasteiger charge is -2.31. The Morgan fingerprint density at radius 3 is 2.53 bits per heavy atom. The number of benzene rings is 1. The maximum absolute atomic E-state index is 14.5. The molecule has 256 valence electrons. The van der Waals surface area contributed by atoms with Crippen LogP contribution in [0.25, 0.3) is 0 Å². The predicted molar refractivity (Wildman–Crippen MR) is 179 cm³/mol. The van der Waals surface area contributed by atoms with Crippen molar-refractivity contribution in [2.75, 3.05) is 42.5 Å². The van der Waals surface area contributed by atoms with Crippen LogP contribution in [-0.4, -0.2) is 60.3 Å². The van der Waals surface area contributed by atoms with Crippen LogP contribution in [0.1, 0.15) is 95.8 Å². The fourth-order valence-corrected chi connectivity index (χ4v) is 5.87. The van der Waals surface area contributed by atoms with Crippen LogP contribution in [0.5, 0.6) is 5.75 Å². The first-order valence-corrected chi connectivity index (χ1v) is 16.1. The van der Waals surface area contributed by atoms with Gasteiger partial charge in [0.2, 0.25) is 5.91 Å². The summed E-state index contributed by atoms with van der Waals surface area (Å²) >= 11 is 0. The van der Waals surface area contributed by atoms with Gasteiger partial charge in [0.05, 0.1) is 13.1 Å². The topological polar surface area (TPSA) is 132 Å². The van der Waals surface area contributed by atoms with E-state index in [1.807, 2.05) is 33.8 Å². The number of amides is 1. The summed E-state index contributed by atoms with van der Waals surface area (Å²) in [5, 5.41) is 5.85. The minimum Gasteiger partial charge on any atom is -0.461 e. The zero-order chi connectivity index (χ0) is 34.8. The number of terminal acetylenes is 1. The third kappa shape index (κ3) is 10.1. The van der Waals surface area contributed by atoms with Crippen LogP contribution in [0.15, 0.2) is 12.1 Å². The highest BCUT2D eigenvalue weighted by molar-refractivity contribution is 5.95.